The molecule has 2 rings (SSSR count). The van der Waals surface area contributed by atoms with Crippen LogP contribution in [0.25, 0.3) is 0 Å². The average molecular weight is 262 g/mol. The normalized spacial score (nSPS) is 17.2. The second-order valence-corrected chi connectivity index (χ2v) is 5.58. The molecule has 0 radical (unpaired) electrons. The van der Waals surface area contributed by atoms with Gasteiger partial charge in [0.2, 0.25) is 0 Å². The first kappa shape index (κ1) is 13.3. The van der Waals surface area contributed by atoms with E-state index < -0.39 is 0 Å². The summed E-state index contributed by atoms with van der Waals surface area (Å²) in [5.41, 5.74) is 7.99. The summed E-state index contributed by atoms with van der Waals surface area (Å²) in [6.07, 6.45) is 7.99. The third-order valence-corrected chi connectivity index (χ3v) is 4.14. The first-order chi connectivity index (χ1) is 8.70. The molecule has 0 heterocycles. The fourth-order valence-electron chi connectivity index (χ4n) is 2.83. The Morgan fingerprint density at radius 1 is 1.17 bits per heavy atom. The van der Waals surface area contributed by atoms with Gasteiger partial charge >= 0.3 is 0 Å². The first-order valence-electron chi connectivity index (χ1n) is 6.82. The van der Waals surface area contributed by atoms with Gasteiger partial charge in [0.15, 0.2) is 0 Å². The van der Waals surface area contributed by atoms with Crippen molar-refractivity contribution in [2.45, 2.75) is 44.6 Å². The van der Waals surface area contributed by atoms with Crippen molar-refractivity contribution in [1.82, 2.24) is 0 Å². The number of anilines is 1. The maximum Gasteiger partial charge on any atom is 0.106 e. The van der Waals surface area contributed by atoms with Crippen molar-refractivity contribution < 1.29 is 0 Å². The molecule has 18 heavy (non-hydrogen) atoms. The smallest absolute Gasteiger partial charge is 0.106 e. The SMILES string of the molecule is CN(c1ccccc1C(N)=S)C1CCCCCC1. The summed E-state index contributed by atoms with van der Waals surface area (Å²) in [5.74, 6) is 0. The van der Waals surface area contributed by atoms with Crippen molar-refractivity contribution >= 4 is 22.9 Å². The third-order valence-electron chi connectivity index (χ3n) is 3.92. The molecule has 1 aromatic carbocycles. The molecule has 0 atom stereocenters. The number of rotatable bonds is 3. The Bertz CT molecular complexity index is 409. The van der Waals surface area contributed by atoms with Crippen LogP contribution in [-0.4, -0.2) is 18.1 Å². The van der Waals surface area contributed by atoms with E-state index in [-0.39, 0.29) is 0 Å². The molecule has 0 aromatic heterocycles. The van der Waals surface area contributed by atoms with Crippen LogP contribution in [0.15, 0.2) is 24.3 Å². The quantitative estimate of drug-likeness (QED) is 0.668. The molecule has 0 unspecified atom stereocenters. The molecule has 2 N–H and O–H groups in total. The summed E-state index contributed by atoms with van der Waals surface area (Å²) in [6.45, 7) is 0. The van der Waals surface area contributed by atoms with E-state index in [2.05, 4.69) is 24.1 Å². The first-order valence-corrected chi connectivity index (χ1v) is 7.22. The Hall–Kier alpha value is -1.09. The van der Waals surface area contributed by atoms with E-state index in [0.29, 0.717) is 11.0 Å². The Labute approximate surface area is 115 Å². The van der Waals surface area contributed by atoms with Crippen LogP contribution < -0.4 is 10.6 Å². The molecular weight excluding hydrogens is 240 g/mol. The fourth-order valence-corrected chi connectivity index (χ4v) is 3.00. The van der Waals surface area contributed by atoms with Crippen molar-refractivity contribution in [3.8, 4) is 0 Å². The molecule has 1 aliphatic carbocycles. The zero-order valence-corrected chi connectivity index (χ0v) is 11.9. The fraction of sp³-hybridized carbons (Fsp3) is 0.533. The third kappa shape index (κ3) is 3.02. The van der Waals surface area contributed by atoms with E-state index in [0.717, 1.165) is 5.56 Å². The van der Waals surface area contributed by atoms with E-state index >= 15 is 0 Å². The minimum atomic E-state index is 0.492. The van der Waals surface area contributed by atoms with E-state index in [9.17, 15) is 0 Å². The van der Waals surface area contributed by atoms with Gasteiger partial charge in [-0.25, -0.2) is 0 Å². The van der Waals surface area contributed by atoms with Gasteiger partial charge in [0, 0.05) is 24.3 Å². The van der Waals surface area contributed by atoms with E-state index in [1.165, 1.54) is 44.2 Å². The predicted molar refractivity (Wildman–Crippen MR) is 82.2 cm³/mol. The predicted octanol–water partition coefficient (Wildman–Crippen LogP) is 3.48. The lowest BCUT2D eigenvalue weighted by Gasteiger charge is -2.30. The standard InChI is InChI=1S/C15H22N2S/c1-17(12-8-4-2-3-5-9-12)14-11-7-6-10-13(14)15(16)18/h6-7,10-12H,2-5,8-9H2,1H3,(H2,16,18). The van der Waals surface area contributed by atoms with Gasteiger partial charge in [-0.3, -0.25) is 0 Å². The maximum atomic E-state index is 5.82. The number of benzene rings is 1. The summed E-state index contributed by atoms with van der Waals surface area (Å²) >= 11 is 5.15. The summed E-state index contributed by atoms with van der Waals surface area (Å²) < 4.78 is 0. The molecule has 1 saturated carbocycles. The summed E-state index contributed by atoms with van der Waals surface area (Å²) in [4.78, 5) is 2.87. The number of hydrogen-bond acceptors (Lipinski definition) is 2. The number of hydrogen-bond donors (Lipinski definition) is 1. The molecule has 1 fully saturated rings. The highest BCUT2D eigenvalue weighted by Crippen LogP contribution is 2.27. The Kier molecular flexibility index (Phi) is 4.59. The van der Waals surface area contributed by atoms with Crippen LogP contribution in [0, 0.1) is 0 Å². The second kappa shape index (κ2) is 6.19. The molecule has 0 aliphatic heterocycles. The molecule has 2 nitrogen and oxygen atoms in total. The largest absolute Gasteiger partial charge is 0.389 e. The topological polar surface area (TPSA) is 29.3 Å². The van der Waals surface area contributed by atoms with Crippen LogP contribution in [0.1, 0.15) is 44.1 Å². The molecule has 0 amide bonds. The van der Waals surface area contributed by atoms with Crippen LogP contribution in [0.2, 0.25) is 0 Å². The highest BCUT2D eigenvalue weighted by molar-refractivity contribution is 7.80. The minimum Gasteiger partial charge on any atom is -0.389 e. The zero-order valence-electron chi connectivity index (χ0n) is 11.1. The monoisotopic (exact) mass is 262 g/mol. The van der Waals surface area contributed by atoms with Crippen molar-refractivity contribution in [3.05, 3.63) is 29.8 Å². The second-order valence-electron chi connectivity index (χ2n) is 5.14. The van der Waals surface area contributed by atoms with Gasteiger partial charge in [-0.1, -0.05) is 50.0 Å². The highest BCUT2D eigenvalue weighted by Gasteiger charge is 2.19. The van der Waals surface area contributed by atoms with Crippen LogP contribution in [0.4, 0.5) is 5.69 Å². The molecule has 3 heteroatoms. The molecular formula is C15H22N2S. The number of nitrogens with zero attached hydrogens (tertiary/aromatic N) is 1. The Morgan fingerprint density at radius 2 is 1.78 bits per heavy atom. The molecule has 0 spiro atoms. The van der Waals surface area contributed by atoms with Crippen molar-refractivity contribution in [2.75, 3.05) is 11.9 Å². The van der Waals surface area contributed by atoms with E-state index in [4.69, 9.17) is 18.0 Å². The summed E-state index contributed by atoms with van der Waals surface area (Å²) in [5, 5.41) is 0. The van der Waals surface area contributed by atoms with E-state index in [1.54, 1.807) is 0 Å². The zero-order chi connectivity index (χ0) is 13.0. The van der Waals surface area contributed by atoms with Gasteiger partial charge in [-0.2, -0.15) is 0 Å². The van der Waals surface area contributed by atoms with Gasteiger partial charge in [0.1, 0.15) is 4.99 Å². The number of nitrogens with two attached hydrogens (primary N) is 1. The van der Waals surface area contributed by atoms with Crippen molar-refractivity contribution in [2.24, 2.45) is 5.73 Å². The van der Waals surface area contributed by atoms with Crippen molar-refractivity contribution in [3.63, 3.8) is 0 Å². The van der Waals surface area contributed by atoms with Gasteiger partial charge < -0.3 is 10.6 Å². The minimum absolute atomic E-state index is 0.492. The molecule has 0 bridgehead atoms. The molecule has 1 aromatic rings. The summed E-state index contributed by atoms with van der Waals surface area (Å²) in [7, 11) is 2.17. The van der Waals surface area contributed by atoms with Gasteiger partial charge in [0.25, 0.3) is 0 Å². The Morgan fingerprint density at radius 3 is 2.39 bits per heavy atom. The van der Waals surface area contributed by atoms with Gasteiger partial charge in [-0.15, -0.1) is 0 Å². The lowest BCUT2D eigenvalue weighted by molar-refractivity contribution is 0.553. The average Bonchev–Trinajstić information content (AvgIpc) is 2.66. The molecule has 1 aliphatic rings. The number of para-hydroxylation sites is 1. The number of thiocarbonyl (C=S) groups is 1. The van der Waals surface area contributed by atoms with Crippen molar-refractivity contribution in [1.29, 1.82) is 0 Å². The van der Waals surface area contributed by atoms with Crippen LogP contribution in [0.3, 0.4) is 0 Å². The van der Waals surface area contributed by atoms with Gasteiger partial charge in [-0.05, 0) is 25.0 Å². The van der Waals surface area contributed by atoms with Crippen LogP contribution in [0.5, 0.6) is 0 Å². The highest BCUT2D eigenvalue weighted by atomic mass is 32.1. The van der Waals surface area contributed by atoms with E-state index in [1.807, 2.05) is 12.1 Å². The Balaban J connectivity index is 2.21. The lowest BCUT2D eigenvalue weighted by Crippen LogP contribution is -2.32. The molecule has 98 valence electrons. The van der Waals surface area contributed by atoms with Crippen LogP contribution >= 0.6 is 12.2 Å². The maximum absolute atomic E-state index is 5.82. The lowest BCUT2D eigenvalue weighted by atomic mass is 10.0. The van der Waals surface area contributed by atoms with Gasteiger partial charge in [0.05, 0.1) is 0 Å². The van der Waals surface area contributed by atoms with Crippen LogP contribution in [-0.2, 0) is 0 Å². The summed E-state index contributed by atoms with van der Waals surface area (Å²) in [6, 6.07) is 8.83. The molecule has 0 saturated heterocycles.